The second kappa shape index (κ2) is 9.41. The number of para-hydroxylation sites is 1. The van der Waals surface area contributed by atoms with Crippen LogP contribution in [-0.4, -0.2) is 11.7 Å². The predicted octanol–water partition coefficient (Wildman–Crippen LogP) is 5.58. The van der Waals surface area contributed by atoms with Gasteiger partial charge in [0, 0.05) is 22.4 Å². The van der Waals surface area contributed by atoms with Gasteiger partial charge < -0.3 is 10.2 Å². The van der Waals surface area contributed by atoms with Crippen molar-refractivity contribution in [2.24, 2.45) is 0 Å². The lowest BCUT2D eigenvalue weighted by atomic mass is 10.0. The van der Waals surface area contributed by atoms with Gasteiger partial charge in [0.2, 0.25) is 0 Å². The molecule has 0 saturated carbocycles. The Balaban J connectivity index is 1.35. The van der Waals surface area contributed by atoms with Crippen LogP contribution in [0.15, 0.2) is 109 Å². The van der Waals surface area contributed by atoms with Crippen molar-refractivity contribution in [3.05, 3.63) is 126 Å². The van der Waals surface area contributed by atoms with E-state index < -0.39 is 0 Å². The summed E-state index contributed by atoms with van der Waals surface area (Å²) in [6.07, 6.45) is 0. The van der Waals surface area contributed by atoms with E-state index in [1.165, 1.54) is 0 Å². The Hall–Kier alpha value is -4.38. The summed E-state index contributed by atoms with van der Waals surface area (Å²) in [4.78, 5) is 30.5. The summed E-state index contributed by atoms with van der Waals surface area (Å²) in [6, 6.07) is 32.2. The van der Waals surface area contributed by atoms with Crippen LogP contribution in [0.5, 0.6) is 5.75 Å². The molecule has 0 heterocycles. The highest BCUT2D eigenvalue weighted by Gasteiger charge is 2.10. The molecule has 0 aromatic heterocycles. The van der Waals surface area contributed by atoms with Crippen molar-refractivity contribution in [2.75, 3.05) is 10.8 Å². The molecule has 0 fully saturated rings. The highest BCUT2D eigenvalue weighted by Crippen LogP contribution is 2.17. The summed E-state index contributed by atoms with van der Waals surface area (Å²) in [5.41, 5.74) is 5.98. The lowest BCUT2D eigenvalue weighted by molar-refractivity contribution is 0.102. The quantitative estimate of drug-likeness (QED) is 0.310. The fourth-order valence-corrected chi connectivity index (χ4v) is 2.96. The normalized spacial score (nSPS) is 10.2. The zero-order valence-corrected chi connectivity index (χ0v) is 16.6. The number of carbonyl (C=O) groups is 2. The van der Waals surface area contributed by atoms with Gasteiger partial charge >= 0.3 is 0 Å². The van der Waals surface area contributed by atoms with E-state index >= 15 is 0 Å². The summed E-state index contributed by atoms with van der Waals surface area (Å²) in [6.45, 7) is 0. The van der Waals surface area contributed by atoms with Crippen molar-refractivity contribution in [3.63, 3.8) is 0 Å². The van der Waals surface area contributed by atoms with Gasteiger partial charge in [-0.3, -0.25) is 9.59 Å². The number of nitrogens with one attached hydrogen (secondary N) is 2. The van der Waals surface area contributed by atoms with Crippen molar-refractivity contribution >= 4 is 23.1 Å². The second-order valence-corrected chi connectivity index (χ2v) is 6.82. The van der Waals surface area contributed by atoms with Gasteiger partial charge in [0.15, 0.2) is 11.5 Å². The number of benzene rings is 4. The second-order valence-electron chi connectivity index (χ2n) is 6.82. The average molecular weight is 408 g/mol. The van der Waals surface area contributed by atoms with Crippen molar-refractivity contribution in [1.82, 2.24) is 0 Å². The highest BCUT2D eigenvalue weighted by molar-refractivity contribution is 6.09. The molecule has 0 saturated heterocycles. The molecule has 0 bridgehead atoms. The lowest BCUT2D eigenvalue weighted by Gasteiger charge is -2.09. The molecule has 5 nitrogen and oxygen atoms in total. The maximum absolute atomic E-state index is 12.5. The molecule has 31 heavy (non-hydrogen) atoms. The van der Waals surface area contributed by atoms with Crippen LogP contribution in [0.3, 0.4) is 0 Å². The Labute approximate surface area is 180 Å². The van der Waals surface area contributed by atoms with E-state index in [2.05, 4.69) is 10.8 Å². The van der Waals surface area contributed by atoms with E-state index in [4.69, 9.17) is 4.84 Å². The molecule has 0 unspecified atom stereocenters. The van der Waals surface area contributed by atoms with Crippen LogP contribution in [-0.2, 0) is 0 Å². The molecular weight excluding hydrogens is 388 g/mol. The number of hydrogen-bond acceptors (Lipinski definition) is 4. The molecule has 4 rings (SSSR count). The van der Waals surface area contributed by atoms with Gasteiger partial charge in [0.05, 0.1) is 5.69 Å². The molecule has 5 heteroatoms. The fraction of sp³-hybridized carbons (Fsp3) is 0. The lowest BCUT2D eigenvalue weighted by Crippen LogP contribution is -2.12. The van der Waals surface area contributed by atoms with Crippen LogP contribution in [0.4, 0.5) is 11.4 Å². The number of hydrogen-bond donors (Lipinski definition) is 2. The third-order valence-corrected chi connectivity index (χ3v) is 4.62. The van der Waals surface area contributed by atoms with E-state index in [1.807, 2.05) is 48.5 Å². The van der Waals surface area contributed by atoms with Crippen LogP contribution >= 0.6 is 0 Å². The van der Waals surface area contributed by atoms with Gasteiger partial charge in [-0.1, -0.05) is 48.5 Å². The maximum atomic E-state index is 12.5. The fourth-order valence-electron chi connectivity index (χ4n) is 2.96. The molecule has 4 aromatic carbocycles. The largest absolute Gasteiger partial charge is 0.382 e. The summed E-state index contributed by atoms with van der Waals surface area (Å²) in [5.74, 6) is 0.284. The molecule has 1 amide bonds. The number of anilines is 2. The molecule has 0 spiro atoms. The van der Waals surface area contributed by atoms with E-state index in [0.717, 1.165) is 5.69 Å². The average Bonchev–Trinajstić information content (AvgIpc) is 2.84. The van der Waals surface area contributed by atoms with Crippen LogP contribution in [0.1, 0.15) is 26.3 Å². The van der Waals surface area contributed by atoms with Crippen LogP contribution in [0.2, 0.25) is 0 Å². The van der Waals surface area contributed by atoms with Gasteiger partial charge in [0.25, 0.3) is 5.91 Å². The standard InChI is InChI=1S/C26H20N2O3/c29-25(19-7-3-1-4-8-19)20-11-15-22(16-12-20)27-26(30)21-13-17-24(18-14-21)31-28-23-9-5-2-6-10-23/h1-18,28H,(H,27,30). The van der Waals surface area contributed by atoms with E-state index in [0.29, 0.717) is 28.1 Å². The van der Waals surface area contributed by atoms with Crippen molar-refractivity contribution in [2.45, 2.75) is 0 Å². The summed E-state index contributed by atoms with van der Waals surface area (Å²) >= 11 is 0. The SMILES string of the molecule is O=C(Nc1ccc(C(=O)c2ccccc2)cc1)c1ccc(ONc2ccccc2)cc1. The van der Waals surface area contributed by atoms with E-state index in [-0.39, 0.29) is 11.7 Å². The van der Waals surface area contributed by atoms with Gasteiger partial charge in [-0.05, 0) is 60.7 Å². The molecule has 152 valence electrons. The number of amides is 1. The molecule has 0 aliphatic rings. The molecule has 2 N–H and O–H groups in total. The zero-order chi connectivity index (χ0) is 21.5. The van der Waals surface area contributed by atoms with Crippen LogP contribution in [0, 0.1) is 0 Å². The zero-order valence-electron chi connectivity index (χ0n) is 16.6. The van der Waals surface area contributed by atoms with E-state index in [9.17, 15) is 9.59 Å². The first-order chi connectivity index (χ1) is 15.2. The summed E-state index contributed by atoms with van der Waals surface area (Å²) in [7, 11) is 0. The molecule has 0 atom stereocenters. The minimum Gasteiger partial charge on any atom is -0.382 e. The summed E-state index contributed by atoms with van der Waals surface area (Å²) < 4.78 is 0. The third-order valence-electron chi connectivity index (χ3n) is 4.62. The Morgan fingerprint density at radius 2 is 1.10 bits per heavy atom. The Kier molecular flexibility index (Phi) is 6.05. The van der Waals surface area contributed by atoms with Gasteiger partial charge in [-0.15, -0.1) is 0 Å². The first-order valence-corrected chi connectivity index (χ1v) is 9.78. The number of rotatable bonds is 7. The highest BCUT2D eigenvalue weighted by atomic mass is 16.6. The van der Waals surface area contributed by atoms with E-state index in [1.54, 1.807) is 60.7 Å². The van der Waals surface area contributed by atoms with Gasteiger partial charge in [-0.25, -0.2) is 5.48 Å². The van der Waals surface area contributed by atoms with Crippen molar-refractivity contribution in [1.29, 1.82) is 0 Å². The maximum Gasteiger partial charge on any atom is 0.255 e. The third kappa shape index (κ3) is 5.16. The molecule has 4 aromatic rings. The van der Waals surface area contributed by atoms with Crippen molar-refractivity contribution in [3.8, 4) is 5.75 Å². The monoisotopic (exact) mass is 408 g/mol. The minimum absolute atomic E-state index is 0.0572. The van der Waals surface area contributed by atoms with Crippen molar-refractivity contribution < 1.29 is 14.4 Å². The van der Waals surface area contributed by atoms with Crippen LogP contribution < -0.4 is 15.6 Å². The summed E-state index contributed by atoms with van der Waals surface area (Å²) in [5, 5.41) is 2.83. The minimum atomic E-state index is -0.246. The first-order valence-electron chi connectivity index (χ1n) is 9.78. The molecule has 0 radical (unpaired) electrons. The molecule has 0 aliphatic carbocycles. The topological polar surface area (TPSA) is 67.4 Å². The number of ketones is 1. The number of carbonyl (C=O) groups excluding carboxylic acids is 2. The Bertz CT molecular complexity index is 1160. The predicted molar refractivity (Wildman–Crippen MR) is 121 cm³/mol. The Morgan fingerprint density at radius 1 is 0.548 bits per heavy atom. The molecular formula is C26H20N2O3. The van der Waals surface area contributed by atoms with Crippen LogP contribution in [0.25, 0.3) is 0 Å². The van der Waals surface area contributed by atoms with Gasteiger partial charge in [0.1, 0.15) is 0 Å². The Morgan fingerprint density at radius 3 is 1.74 bits per heavy atom. The first kappa shape index (κ1) is 19.9. The smallest absolute Gasteiger partial charge is 0.255 e. The van der Waals surface area contributed by atoms with Gasteiger partial charge in [-0.2, -0.15) is 0 Å². The molecule has 0 aliphatic heterocycles.